The number of rotatable bonds is 4. The molecule has 1 aromatic carbocycles. The number of pyridine rings is 1. The standard InChI is InChI=1S/C20H21N3O3S/c24-17(18-7-3-11-27-18)12-15-13-26-10-9-23(15)20(25)22-16-6-1-4-14-5-2-8-21-19(14)16/h1-8,11,15,17,24H,9-10,12-13H2,(H,22,25)/t15-,17+/m1/s1. The quantitative estimate of drug-likeness (QED) is 0.721. The predicted molar refractivity (Wildman–Crippen MR) is 106 cm³/mol. The fourth-order valence-electron chi connectivity index (χ4n) is 3.36. The molecule has 0 radical (unpaired) electrons. The van der Waals surface area contributed by atoms with Gasteiger partial charge in [0.2, 0.25) is 0 Å². The third kappa shape index (κ3) is 3.95. The van der Waals surface area contributed by atoms with E-state index in [2.05, 4.69) is 10.3 Å². The molecule has 1 aliphatic rings. The van der Waals surface area contributed by atoms with E-state index in [9.17, 15) is 9.90 Å². The Balaban J connectivity index is 1.50. The number of amides is 2. The number of ether oxygens (including phenoxy) is 1. The molecule has 140 valence electrons. The zero-order chi connectivity index (χ0) is 18.6. The Bertz CT molecular complexity index is 910. The number of carbonyl (C=O) groups excluding carboxylic acids is 1. The number of aliphatic hydroxyl groups is 1. The monoisotopic (exact) mass is 383 g/mol. The van der Waals surface area contributed by atoms with Gasteiger partial charge >= 0.3 is 6.03 Å². The van der Waals surface area contributed by atoms with Crippen LogP contribution in [-0.4, -0.2) is 46.8 Å². The number of carbonyl (C=O) groups is 1. The molecule has 2 atom stereocenters. The molecule has 1 aliphatic heterocycles. The summed E-state index contributed by atoms with van der Waals surface area (Å²) in [6.45, 7) is 1.41. The van der Waals surface area contributed by atoms with Crippen LogP contribution >= 0.6 is 11.3 Å². The van der Waals surface area contributed by atoms with E-state index < -0.39 is 6.10 Å². The largest absolute Gasteiger partial charge is 0.387 e. The van der Waals surface area contributed by atoms with Crippen LogP contribution < -0.4 is 5.32 Å². The van der Waals surface area contributed by atoms with Gasteiger partial charge in [0.25, 0.3) is 0 Å². The second kappa shape index (κ2) is 8.04. The lowest BCUT2D eigenvalue weighted by Crippen LogP contribution is -2.50. The summed E-state index contributed by atoms with van der Waals surface area (Å²) in [4.78, 5) is 20.0. The highest BCUT2D eigenvalue weighted by Crippen LogP contribution is 2.27. The average Bonchev–Trinajstić information content (AvgIpc) is 3.24. The van der Waals surface area contributed by atoms with Gasteiger partial charge < -0.3 is 20.1 Å². The molecular formula is C20H21N3O3S. The predicted octanol–water partition coefficient (Wildman–Crippen LogP) is 3.65. The van der Waals surface area contributed by atoms with Crippen LogP contribution in [0, 0.1) is 0 Å². The minimum atomic E-state index is -0.605. The van der Waals surface area contributed by atoms with Crippen molar-refractivity contribution in [1.29, 1.82) is 0 Å². The van der Waals surface area contributed by atoms with Crippen molar-refractivity contribution in [2.24, 2.45) is 0 Å². The molecule has 7 heteroatoms. The summed E-state index contributed by atoms with van der Waals surface area (Å²) < 4.78 is 5.56. The molecule has 6 nitrogen and oxygen atoms in total. The maximum Gasteiger partial charge on any atom is 0.322 e. The zero-order valence-electron chi connectivity index (χ0n) is 14.7. The number of nitrogens with zero attached hydrogens (tertiary/aromatic N) is 2. The Kier molecular flexibility index (Phi) is 5.33. The molecule has 1 saturated heterocycles. The number of fused-ring (bicyclic) bond motifs is 1. The van der Waals surface area contributed by atoms with Crippen molar-refractivity contribution >= 4 is 34.0 Å². The lowest BCUT2D eigenvalue weighted by Gasteiger charge is -2.36. The van der Waals surface area contributed by atoms with Crippen LogP contribution in [-0.2, 0) is 4.74 Å². The maximum atomic E-state index is 12.9. The van der Waals surface area contributed by atoms with E-state index in [1.54, 1.807) is 11.1 Å². The first-order valence-electron chi connectivity index (χ1n) is 8.93. The molecule has 2 amide bonds. The van der Waals surface area contributed by atoms with E-state index in [0.717, 1.165) is 15.8 Å². The number of benzene rings is 1. The van der Waals surface area contributed by atoms with Gasteiger partial charge in [-0.15, -0.1) is 11.3 Å². The highest BCUT2D eigenvalue weighted by Gasteiger charge is 2.30. The van der Waals surface area contributed by atoms with E-state index in [0.29, 0.717) is 31.9 Å². The van der Waals surface area contributed by atoms with Crippen LogP contribution in [0.3, 0.4) is 0 Å². The van der Waals surface area contributed by atoms with Crippen molar-refractivity contribution in [3.05, 3.63) is 58.9 Å². The number of para-hydroxylation sites is 1. The smallest absolute Gasteiger partial charge is 0.322 e. The Morgan fingerprint density at radius 1 is 1.33 bits per heavy atom. The number of urea groups is 1. The first kappa shape index (κ1) is 17.9. The van der Waals surface area contributed by atoms with E-state index in [4.69, 9.17) is 4.74 Å². The van der Waals surface area contributed by atoms with Crippen molar-refractivity contribution in [2.75, 3.05) is 25.1 Å². The lowest BCUT2D eigenvalue weighted by atomic mass is 10.1. The van der Waals surface area contributed by atoms with Gasteiger partial charge in [-0.2, -0.15) is 0 Å². The third-order valence-electron chi connectivity index (χ3n) is 4.73. The minimum Gasteiger partial charge on any atom is -0.387 e. The third-order valence-corrected chi connectivity index (χ3v) is 5.70. The van der Waals surface area contributed by atoms with Gasteiger partial charge in [0.15, 0.2) is 0 Å². The average molecular weight is 383 g/mol. The van der Waals surface area contributed by atoms with Gasteiger partial charge in [-0.25, -0.2) is 4.79 Å². The summed E-state index contributed by atoms with van der Waals surface area (Å²) in [5.41, 5.74) is 1.44. The summed E-state index contributed by atoms with van der Waals surface area (Å²) in [6, 6.07) is 13.0. The molecule has 4 rings (SSSR count). The summed E-state index contributed by atoms with van der Waals surface area (Å²) >= 11 is 1.52. The van der Waals surface area contributed by atoms with Crippen LogP contribution in [0.15, 0.2) is 54.0 Å². The Morgan fingerprint density at radius 2 is 2.22 bits per heavy atom. The molecule has 2 N–H and O–H groups in total. The lowest BCUT2D eigenvalue weighted by molar-refractivity contribution is -0.00382. The number of aliphatic hydroxyl groups excluding tert-OH is 1. The van der Waals surface area contributed by atoms with Crippen molar-refractivity contribution in [3.8, 4) is 0 Å². The molecule has 0 unspecified atom stereocenters. The molecule has 27 heavy (non-hydrogen) atoms. The highest BCUT2D eigenvalue weighted by molar-refractivity contribution is 7.10. The molecule has 3 heterocycles. The topological polar surface area (TPSA) is 74.7 Å². The number of nitrogens with one attached hydrogen (secondary N) is 1. The molecule has 0 aliphatic carbocycles. The zero-order valence-corrected chi connectivity index (χ0v) is 15.6. The highest BCUT2D eigenvalue weighted by atomic mass is 32.1. The molecular weight excluding hydrogens is 362 g/mol. The van der Waals surface area contributed by atoms with E-state index >= 15 is 0 Å². The van der Waals surface area contributed by atoms with Gasteiger partial charge in [0.05, 0.1) is 36.6 Å². The summed E-state index contributed by atoms with van der Waals surface area (Å²) in [5.74, 6) is 0. The molecule has 1 fully saturated rings. The Morgan fingerprint density at radius 3 is 3.07 bits per heavy atom. The van der Waals surface area contributed by atoms with Crippen LogP contribution in [0.4, 0.5) is 10.5 Å². The van der Waals surface area contributed by atoms with Gasteiger partial charge in [-0.1, -0.05) is 24.3 Å². The number of aromatic nitrogens is 1. The second-order valence-corrected chi connectivity index (χ2v) is 7.48. The SMILES string of the molecule is O=C(Nc1cccc2cccnc12)N1CCOC[C@H]1C[C@H](O)c1cccs1. The number of morpholine rings is 1. The molecule has 0 bridgehead atoms. The molecule has 3 aromatic rings. The number of anilines is 1. The van der Waals surface area contributed by atoms with Crippen molar-refractivity contribution in [3.63, 3.8) is 0 Å². The fraction of sp³-hybridized carbons (Fsp3) is 0.300. The Hall–Kier alpha value is -2.48. The van der Waals surface area contributed by atoms with Gasteiger partial charge in [-0.3, -0.25) is 4.98 Å². The van der Waals surface area contributed by atoms with Crippen LogP contribution in [0.1, 0.15) is 17.4 Å². The van der Waals surface area contributed by atoms with Crippen LogP contribution in [0.2, 0.25) is 0 Å². The minimum absolute atomic E-state index is 0.182. The maximum absolute atomic E-state index is 12.9. The number of hydrogen-bond acceptors (Lipinski definition) is 5. The van der Waals surface area contributed by atoms with Gasteiger partial charge in [0.1, 0.15) is 0 Å². The van der Waals surface area contributed by atoms with Crippen molar-refractivity contribution in [2.45, 2.75) is 18.6 Å². The molecule has 2 aromatic heterocycles. The summed E-state index contributed by atoms with van der Waals surface area (Å²) in [6.07, 6.45) is 1.56. The normalized spacial score (nSPS) is 18.4. The van der Waals surface area contributed by atoms with E-state index in [-0.39, 0.29) is 12.1 Å². The fourth-order valence-corrected chi connectivity index (χ4v) is 4.09. The van der Waals surface area contributed by atoms with E-state index in [1.165, 1.54) is 11.3 Å². The summed E-state index contributed by atoms with van der Waals surface area (Å²) in [5, 5.41) is 16.4. The first-order chi connectivity index (χ1) is 13.2. The number of thiophene rings is 1. The van der Waals surface area contributed by atoms with Crippen LogP contribution in [0.25, 0.3) is 10.9 Å². The van der Waals surface area contributed by atoms with Crippen LogP contribution in [0.5, 0.6) is 0 Å². The molecule has 0 saturated carbocycles. The molecule has 0 spiro atoms. The van der Waals surface area contributed by atoms with E-state index in [1.807, 2.05) is 47.8 Å². The second-order valence-electron chi connectivity index (χ2n) is 6.50. The first-order valence-corrected chi connectivity index (χ1v) is 9.81. The van der Waals surface area contributed by atoms with Gasteiger partial charge in [-0.05, 0) is 23.6 Å². The van der Waals surface area contributed by atoms with Crippen molar-refractivity contribution in [1.82, 2.24) is 9.88 Å². The summed E-state index contributed by atoms with van der Waals surface area (Å²) in [7, 11) is 0. The number of hydrogen-bond donors (Lipinski definition) is 2. The van der Waals surface area contributed by atoms with Gasteiger partial charge in [0, 0.05) is 29.4 Å². The Labute approximate surface area is 161 Å². The van der Waals surface area contributed by atoms with Crippen molar-refractivity contribution < 1.29 is 14.6 Å².